The molecule has 2 aliphatic rings. The number of thioether (sulfide) groups is 1. The van der Waals surface area contributed by atoms with Crippen molar-refractivity contribution in [3.05, 3.63) is 150 Å². The van der Waals surface area contributed by atoms with Crippen molar-refractivity contribution in [3.8, 4) is 17.2 Å². The maximum Gasteiger partial charge on any atom is 0.204 e. The van der Waals surface area contributed by atoms with Crippen LogP contribution in [0, 0.1) is 144 Å². The Balaban J connectivity index is 0.000000545. The van der Waals surface area contributed by atoms with E-state index in [4.69, 9.17) is 14.2 Å². The van der Waals surface area contributed by atoms with Gasteiger partial charge in [-0.15, -0.1) is 11.8 Å². The molecule has 132 heavy (non-hydrogen) atoms. The Morgan fingerprint density at radius 2 is 0.523 bits per heavy atom. The Hall–Kier alpha value is -5.60. The molecule has 4 nitrogen and oxygen atoms in total. The van der Waals surface area contributed by atoms with Crippen LogP contribution in [-0.2, 0) is 4.79 Å². The van der Waals surface area contributed by atoms with Gasteiger partial charge in [0.25, 0.3) is 0 Å². The molecule has 0 saturated heterocycles. The maximum absolute atomic E-state index is 13.7. The Bertz CT molecular complexity index is 3770. The van der Waals surface area contributed by atoms with E-state index in [1.165, 1.54) is 241 Å². The van der Waals surface area contributed by atoms with Crippen molar-refractivity contribution in [2.75, 3.05) is 25.6 Å². The molecule has 0 aliphatic heterocycles. The molecule has 7 rings (SSSR count). The van der Waals surface area contributed by atoms with E-state index in [9.17, 15) is 75.0 Å². The second-order valence-corrected chi connectivity index (χ2v) is 39.7. The first kappa shape index (κ1) is 122. The van der Waals surface area contributed by atoms with Crippen LogP contribution < -0.4 is 14.2 Å². The lowest BCUT2D eigenvalue weighted by molar-refractivity contribution is -0.129. The molecular weight excluding hydrogens is 1730 g/mol. The average molecular weight is 1910 g/mol. The highest BCUT2D eigenvalue weighted by molar-refractivity contribution is 7.99. The van der Waals surface area contributed by atoms with Crippen LogP contribution in [0.5, 0.6) is 17.2 Å². The van der Waals surface area contributed by atoms with Gasteiger partial charge >= 0.3 is 0 Å². The number of carbonyl (C=O) groups is 1. The molecule has 5 aromatic rings. The van der Waals surface area contributed by atoms with E-state index in [-0.39, 0.29) is 25.2 Å². The number of Topliss-reactive ketones (excluding diaryl/α,β-unsaturated/α-hetero) is 1. The molecule has 2 bridgehead atoms. The quantitative estimate of drug-likeness (QED) is 0.0168. The number of benzene rings is 5. The minimum atomic E-state index is -1.46. The molecule has 2 atom stereocenters. The highest BCUT2D eigenvalue weighted by Crippen LogP contribution is 2.65. The standard InChI is InChI=1S/C25H40F4O.C21H32F4O.C19H28F4O.C19H28F4S.C16H26.C11H18O/c1-3-4-5-6-7-8-9-10-11-12-13-14-15-16-17-18-19-30-25-23(28)21(26)20(2)22(27)24(25)29;1-3-4-5-6-7-8-9-10-11-12-13-14-15-26-21-19(24)17(22)16(2)18(23)20(21)25;2*1-3-4-5-6-7-8-9-10-11-12-13-24-19-17(22)15(20)14(2)16(21)18(19)23;1-10(2)14-8-15(11(3)4)13(7)16(9-14)12(5)6;1-4-11-6-5-8(7-9(11)12)10(11,2)3/h3-19H2,1-2H3;3-15H2,1-2H3;2*3-13H2,1-2H3;8-12H,1-7H3;8H,4-7H2,1-3H3. The Morgan fingerprint density at radius 1 is 0.303 bits per heavy atom. The zero-order chi connectivity index (χ0) is 98.9. The molecule has 0 N–H and O–H groups in total. The van der Waals surface area contributed by atoms with Crippen LogP contribution in [0.25, 0.3) is 0 Å². The van der Waals surface area contributed by atoms with E-state index >= 15 is 0 Å². The van der Waals surface area contributed by atoms with Gasteiger partial charge in [0.1, 0.15) is 5.78 Å². The predicted octanol–water partition coefficient (Wildman–Crippen LogP) is 39.4. The average Bonchev–Trinajstić information content (AvgIpc) is 1.55. The van der Waals surface area contributed by atoms with Crippen molar-refractivity contribution in [2.45, 2.75) is 481 Å². The van der Waals surface area contributed by atoms with Gasteiger partial charge < -0.3 is 14.2 Å². The summed E-state index contributed by atoms with van der Waals surface area (Å²) >= 11 is 0.858. The summed E-state index contributed by atoms with van der Waals surface area (Å²) in [6.07, 6.45) is 60.9. The van der Waals surface area contributed by atoms with Gasteiger partial charge in [-0.2, -0.15) is 26.3 Å². The maximum atomic E-state index is 13.7. The van der Waals surface area contributed by atoms with Gasteiger partial charge in [0, 0.05) is 34.1 Å². The summed E-state index contributed by atoms with van der Waals surface area (Å²) in [5.74, 6) is -21.5. The van der Waals surface area contributed by atoms with Crippen molar-refractivity contribution in [2.24, 2.45) is 16.7 Å². The minimum Gasteiger partial charge on any atom is -0.487 e. The van der Waals surface area contributed by atoms with Crippen molar-refractivity contribution in [1.29, 1.82) is 0 Å². The number of halogens is 16. The molecular formula is C111H172F16O4S. The normalized spacial score (nSPS) is 14.2. The van der Waals surface area contributed by atoms with E-state index in [0.717, 1.165) is 136 Å². The summed E-state index contributed by atoms with van der Waals surface area (Å²) < 4.78 is 232. The van der Waals surface area contributed by atoms with Crippen molar-refractivity contribution < 1.29 is 89.3 Å². The number of carbonyl (C=O) groups excluding carboxylic acids is 1. The number of unbranched alkanes of at least 4 members (excludes halogenated alkanes) is 44. The van der Waals surface area contributed by atoms with Gasteiger partial charge in [-0.1, -0.05) is 385 Å². The van der Waals surface area contributed by atoms with Crippen molar-refractivity contribution >= 4 is 17.5 Å². The molecule has 0 amide bonds. The predicted molar refractivity (Wildman–Crippen MR) is 518 cm³/mol. The molecule has 5 aromatic carbocycles. The molecule has 2 fully saturated rings. The van der Waals surface area contributed by atoms with Gasteiger partial charge in [-0.25, -0.2) is 43.9 Å². The van der Waals surface area contributed by atoms with E-state index in [1.54, 1.807) is 0 Å². The van der Waals surface area contributed by atoms with Gasteiger partial charge in [0.05, 0.1) is 24.7 Å². The molecule has 2 aliphatic carbocycles. The van der Waals surface area contributed by atoms with Crippen LogP contribution in [0.4, 0.5) is 70.2 Å². The number of ether oxygens (including phenoxy) is 3. The lowest BCUT2D eigenvalue weighted by Gasteiger charge is -2.35. The summed E-state index contributed by atoms with van der Waals surface area (Å²) in [6.45, 7) is 35.8. The highest BCUT2D eigenvalue weighted by Gasteiger charge is 2.63. The van der Waals surface area contributed by atoms with Gasteiger partial charge in [-0.3, -0.25) is 4.79 Å². The van der Waals surface area contributed by atoms with Crippen LogP contribution in [0.2, 0.25) is 0 Å². The molecule has 21 heteroatoms. The third-order valence-corrected chi connectivity index (χ3v) is 28.1. The van der Waals surface area contributed by atoms with Gasteiger partial charge in [0.15, 0.2) is 75.4 Å². The molecule has 2 saturated carbocycles. The van der Waals surface area contributed by atoms with Crippen molar-refractivity contribution in [1.82, 2.24) is 0 Å². The fraction of sp³-hybridized carbons (Fsp3) is 0.721. The summed E-state index contributed by atoms with van der Waals surface area (Å²) in [4.78, 5) is 11.3. The zero-order valence-corrected chi connectivity index (χ0v) is 85.5. The molecule has 0 spiro atoms. The number of hydrogen-bond donors (Lipinski definition) is 0. The minimum absolute atomic E-state index is 0.0479. The lowest BCUT2D eigenvalue weighted by Crippen LogP contribution is -2.34. The SMILES string of the molecule is CCC12CCC(CC1=O)C2(C)C.CCCCCCCCCCCCCCCCCCOc1c(F)c(F)c(C)c(F)c1F.CCCCCCCCCCCCCCOc1c(F)c(F)c(C)c(F)c1F.CCCCCCCCCCCCOc1c(F)c(F)c(C)c(F)c1F.CCCCCCCCCCCCSc1c(F)c(F)c(C)c(F)c1F.Cc1c(C(C)C)cc(C(C)C)cc1C(C)C. The Labute approximate surface area is 793 Å². The summed E-state index contributed by atoms with van der Waals surface area (Å²) in [6, 6.07) is 4.80. The van der Waals surface area contributed by atoms with E-state index in [2.05, 4.69) is 109 Å². The van der Waals surface area contributed by atoms with E-state index in [1.807, 2.05) is 0 Å². The summed E-state index contributed by atoms with van der Waals surface area (Å²) in [5.41, 5.74) is 3.77. The van der Waals surface area contributed by atoms with Crippen LogP contribution in [0.15, 0.2) is 17.0 Å². The lowest BCUT2D eigenvalue weighted by atomic mass is 9.67. The molecule has 2 unspecified atom stereocenters. The van der Waals surface area contributed by atoms with Crippen molar-refractivity contribution in [3.63, 3.8) is 0 Å². The summed E-state index contributed by atoms with van der Waals surface area (Å²) in [5, 5.41) is 0. The number of rotatable bonds is 60. The second-order valence-electron chi connectivity index (χ2n) is 38.6. The Morgan fingerprint density at radius 3 is 0.712 bits per heavy atom. The monoisotopic (exact) mass is 1910 g/mol. The van der Waals surface area contributed by atoms with Gasteiger partial charge in [0.2, 0.25) is 34.9 Å². The third kappa shape index (κ3) is 42.0. The molecule has 0 radical (unpaired) electrons. The number of fused-ring (bicyclic) bond motifs is 2. The molecule has 0 aromatic heterocycles. The van der Waals surface area contributed by atoms with E-state index in [0.29, 0.717) is 59.9 Å². The van der Waals surface area contributed by atoms with Crippen LogP contribution in [0.3, 0.4) is 0 Å². The van der Waals surface area contributed by atoms with Crippen LogP contribution in [0.1, 0.15) is 486 Å². The van der Waals surface area contributed by atoms with Crippen LogP contribution in [-0.4, -0.2) is 31.4 Å². The smallest absolute Gasteiger partial charge is 0.204 e. The van der Waals surface area contributed by atoms with E-state index < -0.39 is 137 Å². The first-order valence-corrected chi connectivity index (χ1v) is 52.4. The van der Waals surface area contributed by atoms with Crippen LogP contribution >= 0.6 is 11.8 Å². The summed E-state index contributed by atoms with van der Waals surface area (Å²) in [7, 11) is 0. The topological polar surface area (TPSA) is 44.8 Å². The largest absolute Gasteiger partial charge is 0.487 e. The second kappa shape index (κ2) is 69.3. The third-order valence-electron chi connectivity index (χ3n) is 26.9. The molecule has 0 heterocycles. The van der Waals surface area contributed by atoms with Gasteiger partial charge in [-0.05, 0) is 137 Å². The zero-order valence-electron chi connectivity index (χ0n) is 84.7. The number of ketones is 1. The first-order valence-electron chi connectivity index (χ1n) is 51.4. The highest BCUT2D eigenvalue weighted by atomic mass is 32.2. The fourth-order valence-electron chi connectivity index (χ4n) is 17.8. The fourth-order valence-corrected chi connectivity index (χ4v) is 18.8. The number of hydrogen-bond acceptors (Lipinski definition) is 5. The first-order chi connectivity index (χ1) is 62.9. The molecule has 758 valence electrons. The Kier molecular flexibility index (Phi) is 64.2.